The van der Waals surface area contributed by atoms with Crippen molar-refractivity contribution < 1.29 is 22.7 Å². The molecule has 0 radical (unpaired) electrons. The van der Waals surface area contributed by atoms with Crippen molar-refractivity contribution in [3.05, 3.63) is 41.8 Å². The molecule has 0 N–H and O–H groups in total. The van der Waals surface area contributed by atoms with E-state index in [1.807, 2.05) is 0 Å². The molecule has 1 heterocycles. The molecule has 2 atom stereocenters. The summed E-state index contributed by atoms with van der Waals surface area (Å²) < 4.78 is 33.8. The first kappa shape index (κ1) is 13.8. The van der Waals surface area contributed by atoms with Crippen LogP contribution in [0, 0.1) is 0 Å². The fraction of sp³-hybridized carbons (Fsp3) is 0.308. The molecule has 1 aliphatic heterocycles. The van der Waals surface area contributed by atoms with E-state index in [-0.39, 0.29) is 29.7 Å². The van der Waals surface area contributed by atoms with E-state index in [1.165, 1.54) is 25.1 Å². The van der Waals surface area contributed by atoms with Crippen molar-refractivity contribution in [1.82, 2.24) is 0 Å². The molecule has 2 rings (SSSR count). The number of hydrogen-bond donors (Lipinski definition) is 0. The molecule has 1 fully saturated rings. The molecule has 1 aromatic carbocycles. The highest BCUT2D eigenvalue weighted by Gasteiger charge is 2.37. The summed E-state index contributed by atoms with van der Waals surface area (Å²) in [4.78, 5) is 10.8. The van der Waals surface area contributed by atoms with E-state index < -0.39 is 9.84 Å². The number of carbonyl (C=O) groups is 1. The number of sulfone groups is 1. The van der Waals surface area contributed by atoms with Crippen LogP contribution in [0.25, 0.3) is 0 Å². The fourth-order valence-electron chi connectivity index (χ4n) is 1.53. The normalized spacial score (nSPS) is 22.4. The fourth-order valence-corrected chi connectivity index (χ4v) is 2.58. The number of ether oxygens (including phenoxy) is 2. The Labute approximate surface area is 111 Å². The average Bonchev–Trinajstić information content (AvgIpc) is 3.14. The summed E-state index contributed by atoms with van der Waals surface area (Å²) in [6.07, 6.45) is 0.917. The Morgan fingerprint density at radius 2 is 2.05 bits per heavy atom. The quantitative estimate of drug-likeness (QED) is 0.601. The van der Waals surface area contributed by atoms with Crippen molar-refractivity contribution in [2.24, 2.45) is 0 Å². The zero-order valence-electron chi connectivity index (χ0n) is 10.4. The summed E-state index contributed by atoms with van der Waals surface area (Å²) in [6.45, 7) is 1.46. The first-order chi connectivity index (χ1) is 8.99. The van der Waals surface area contributed by atoms with Gasteiger partial charge in [0.05, 0.1) is 4.90 Å². The molecule has 0 aliphatic carbocycles. The van der Waals surface area contributed by atoms with E-state index in [4.69, 9.17) is 9.47 Å². The van der Waals surface area contributed by atoms with Gasteiger partial charge in [-0.2, -0.15) is 0 Å². The standard InChI is InChI=1S/C13H14O5S/c1-10(14)17-9-13-12(18-13)7-8-19(15,16)11-5-3-2-4-6-11/h2-8,12-13H,9H2,1H3/b8-7+/t12-,13-/m0/s1. The number of esters is 1. The minimum Gasteiger partial charge on any atom is -0.463 e. The second-order valence-corrected chi connectivity index (χ2v) is 5.96. The summed E-state index contributed by atoms with van der Waals surface area (Å²) in [5.74, 6) is -0.380. The number of benzene rings is 1. The third-order valence-electron chi connectivity index (χ3n) is 2.59. The smallest absolute Gasteiger partial charge is 0.302 e. The van der Waals surface area contributed by atoms with E-state index in [0.29, 0.717) is 0 Å². The second kappa shape index (κ2) is 5.54. The average molecular weight is 282 g/mol. The SMILES string of the molecule is CC(=O)OC[C@@H]1O[C@H]1/C=C/S(=O)(=O)c1ccccc1. The summed E-state index contributed by atoms with van der Waals surface area (Å²) in [7, 11) is -3.44. The Kier molecular flexibility index (Phi) is 4.01. The molecule has 0 unspecified atom stereocenters. The summed E-state index contributed by atoms with van der Waals surface area (Å²) in [6, 6.07) is 8.14. The van der Waals surface area contributed by atoms with Gasteiger partial charge in [-0.25, -0.2) is 8.42 Å². The predicted molar refractivity (Wildman–Crippen MR) is 68.1 cm³/mol. The lowest BCUT2D eigenvalue weighted by molar-refractivity contribution is -0.141. The van der Waals surface area contributed by atoms with Crippen molar-refractivity contribution in [3.8, 4) is 0 Å². The molecule has 0 saturated carbocycles. The molecule has 19 heavy (non-hydrogen) atoms. The first-order valence-corrected chi connectivity index (χ1v) is 7.31. The molecule has 6 heteroatoms. The van der Waals surface area contributed by atoms with Crippen LogP contribution in [0.1, 0.15) is 6.92 Å². The van der Waals surface area contributed by atoms with Gasteiger partial charge in [0.2, 0.25) is 0 Å². The Balaban J connectivity index is 1.92. The van der Waals surface area contributed by atoms with E-state index >= 15 is 0 Å². The molecule has 0 amide bonds. The minimum atomic E-state index is -3.44. The monoisotopic (exact) mass is 282 g/mol. The molecule has 102 valence electrons. The maximum Gasteiger partial charge on any atom is 0.302 e. The molecule has 5 nitrogen and oxygen atoms in total. The van der Waals surface area contributed by atoms with Crippen LogP contribution in [0.4, 0.5) is 0 Å². The van der Waals surface area contributed by atoms with Crippen molar-refractivity contribution in [3.63, 3.8) is 0 Å². The zero-order valence-corrected chi connectivity index (χ0v) is 11.2. The lowest BCUT2D eigenvalue weighted by atomic mass is 10.3. The van der Waals surface area contributed by atoms with Crippen molar-refractivity contribution in [2.75, 3.05) is 6.61 Å². The van der Waals surface area contributed by atoms with E-state index in [2.05, 4.69) is 0 Å². The lowest BCUT2D eigenvalue weighted by Crippen LogP contribution is -2.07. The molecule has 0 aromatic heterocycles. The predicted octanol–water partition coefficient (Wildman–Crippen LogP) is 1.30. The van der Waals surface area contributed by atoms with Gasteiger partial charge < -0.3 is 9.47 Å². The molecule has 1 saturated heterocycles. The zero-order chi connectivity index (χ0) is 13.9. The van der Waals surface area contributed by atoms with Crippen LogP contribution < -0.4 is 0 Å². The third-order valence-corrected chi connectivity index (χ3v) is 4.04. The summed E-state index contributed by atoms with van der Waals surface area (Å²) in [5, 5.41) is 1.13. The Morgan fingerprint density at radius 1 is 1.37 bits per heavy atom. The van der Waals surface area contributed by atoms with Crippen LogP contribution >= 0.6 is 0 Å². The number of carbonyl (C=O) groups excluding carboxylic acids is 1. The minimum absolute atomic E-state index is 0.149. The van der Waals surface area contributed by atoms with Crippen LogP contribution in [0.5, 0.6) is 0 Å². The molecule has 1 aliphatic rings. The highest BCUT2D eigenvalue weighted by atomic mass is 32.2. The Morgan fingerprint density at radius 3 is 2.68 bits per heavy atom. The van der Waals surface area contributed by atoms with Crippen molar-refractivity contribution in [1.29, 1.82) is 0 Å². The van der Waals surface area contributed by atoms with E-state index in [1.54, 1.807) is 18.2 Å². The first-order valence-electron chi connectivity index (χ1n) is 5.76. The van der Waals surface area contributed by atoms with Gasteiger partial charge in [-0.1, -0.05) is 18.2 Å². The third kappa shape index (κ3) is 3.90. The van der Waals surface area contributed by atoms with Crippen LogP contribution in [-0.2, 0) is 24.1 Å². The van der Waals surface area contributed by atoms with Crippen LogP contribution in [0.2, 0.25) is 0 Å². The number of epoxide rings is 1. The highest BCUT2D eigenvalue weighted by Crippen LogP contribution is 2.24. The van der Waals surface area contributed by atoms with Gasteiger partial charge in [-0.05, 0) is 18.2 Å². The second-order valence-electron chi connectivity index (χ2n) is 4.13. The van der Waals surface area contributed by atoms with Gasteiger partial charge in [0.15, 0.2) is 9.84 Å². The molecule has 0 bridgehead atoms. The van der Waals surface area contributed by atoms with Gasteiger partial charge in [0.1, 0.15) is 18.8 Å². The van der Waals surface area contributed by atoms with Crippen LogP contribution in [0.3, 0.4) is 0 Å². The number of rotatable bonds is 5. The van der Waals surface area contributed by atoms with Gasteiger partial charge in [-0.3, -0.25) is 4.79 Å². The van der Waals surface area contributed by atoms with E-state index in [9.17, 15) is 13.2 Å². The van der Waals surface area contributed by atoms with Gasteiger partial charge in [0.25, 0.3) is 0 Å². The van der Waals surface area contributed by atoms with Crippen LogP contribution in [-0.4, -0.2) is 33.2 Å². The number of hydrogen-bond acceptors (Lipinski definition) is 5. The molecule has 0 spiro atoms. The van der Waals surface area contributed by atoms with Gasteiger partial charge in [-0.15, -0.1) is 0 Å². The topological polar surface area (TPSA) is 73.0 Å². The molecular formula is C13H14O5S. The van der Waals surface area contributed by atoms with Crippen LogP contribution in [0.15, 0.2) is 46.7 Å². The summed E-state index contributed by atoms with van der Waals surface area (Å²) in [5.41, 5.74) is 0. The maximum absolute atomic E-state index is 11.9. The van der Waals surface area contributed by atoms with E-state index in [0.717, 1.165) is 5.41 Å². The van der Waals surface area contributed by atoms with Crippen molar-refractivity contribution in [2.45, 2.75) is 24.0 Å². The Hall–Kier alpha value is -1.66. The largest absolute Gasteiger partial charge is 0.463 e. The lowest BCUT2D eigenvalue weighted by Gasteiger charge is -1.97. The van der Waals surface area contributed by atoms with Gasteiger partial charge in [0, 0.05) is 12.3 Å². The molecule has 1 aromatic rings. The highest BCUT2D eigenvalue weighted by molar-refractivity contribution is 7.94. The maximum atomic E-state index is 11.9. The Bertz CT molecular complexity index is 576. The van der Waals surface area contributed by atoms with Crippen molar-refractivity contribution >= 4 is 15.8 Å². The summed E-state index contributed by atoms with van der Waals surface area (Å²) >= 11 is 0. The molecular weight excluding hydrogens is 268 g/mol. The van der Waals surface area contributed by atoms with Gasteiger partial charge >= 0.3 is 5.97 Å².